The number of ether oxygens (including phenoxy) is 3. The Hall–Kier alpha value is -3.03. The molecule has 8 heteroatoms. The van der Waals surface area contributed by atoms with Crippen LogP contribution in [0.1, 0.15) is 28.4 Å². The normalized spacial score (nSPS) is 10.8. The van der Waals surface area contributed by atoms with Crippen LogP contribution in [0.3, 0.4) is 0 Å². The predicted octanol–water partition coefficient (Wildman–Crippen LogP) is 5.85. The second-order valence-electron chi connectivity index (χ2n) is 6.57. The second-order valence-corrected chi connectivity index (χ2v) is 7.83. The summed E-state index contributed by atoms with van der Waals surface area (Å²) in [7, 11) is 1.55. The number of nitrogens with zero attached hydrogens (tertiary/aromatic N) is 1. The fourth-order valence-electron chi connectivity index (χ4n) is 2.82. The van der Waals surface area contributed by atoms with Crippen LogP contribution in [0.25, 0.3) is 0 Å². The first-order chi connectivity index (χ1) is 15.5. The smallest absolute Gasteiger partial charge is 0.271 e. The van der Waals surface area contributed by atoms with Crippen LogP contribution in [0.15, 0.2) is 70.2 Å². The van der Waals surface area contributed by atoms with E-state index in [1.54, 1.807) is 37.4 Å². The van der Waals surface area contributed by atoms with Crippen molar-refractivity contribution in [2.45, 2.75) is 13.5 Å². The standard InChI is InChI=1S/C24H22BrClN2O4/c1-3-31-19-10-8-17(9-11-19)24(29)28-27-14-16-12-20(25)23(22(13-16)30-2)32-15-18-6-4-5-7-21(18)26/h4-14H,3,15H2,1-2H3,(H,28,29)/b27-14-. The third-order valence-corrected chi connectivity index (χ3v) is 5.35. The van der Waals surface area contributed by atoms with Gasteiger partial charge in [0.15, 0.2) is 11.5 Å². The van der Waals surface area contributed by atoms with Crippen molar-refractivity contribution < 1.29 is 19.0 Å². The molecule has 3 rings (SSSR count). The molecule has 0 aromatic heterocycles. The molecular weight excluding hydrogens is 496 g/mol. The van der Waals surface area contributed by atoms with Gasteiger partial charge in [-0.2, -0.15) is 5.10 Å². The minimum Gasteiger partial charge on any atom is -0.494 e. The third-order valence-electron chi connectivity index (χ3n) is 4.39. The lowest BCUT2D eigenvalue weighted by Gasteiger charge is -2.14. The number of rotatable bonds is 9. The first-order valence-electron chi connectivity index (χ1n) is 9.81. The summed E-state index contributed by atoms with van der Waals surface area (Å²) in [4.78, 5) is 12.3. The Morgan fingerprint density at radius 3 is 2.56 bits per heavy atom. The Morgan fingerprint density at radius 1 is 1.12 bits per heavy atom. The molecule has 0 atom stereocenters. The van der Waals surface area contributed by atoms with Crippen molar-refractivity contribution >= 4 is 39.7 Å². The highest BCUT2D eigenvalue weighted by Gasteiger charge is 2.12. The van der Waals surface area contributed by atoms with E-state index in [0.717, 1.165) is 5.56 Å². The van der Waals surface area contributed by atoms with E-state index in [-0.39, 0.29) is 5.91 Å². The van der Waals surface area contributed by atoms with E-state index in [1.165, 1.54) is 6.21 Å². The molecule has 0 saturated carbocycles. The van der Waals surface area contributed by atoms with E-state index < -0.39 is 0 Å². The van der Waals surface area contributed by atoms with Crippen LogP contribution in [-0.2, 0) is 6.61 Å². The van der Waals surface area contributed by atoms with Crippen molar-refractivity contribution in [3.8, 4) is 17.2 Å². The van der Waals surface area contributed by atoms with E-state index in [9.17, 15) is 4.79 Å². The quantitative estimate of drug-likeness (QED) is 0.285. The van der Waals surface area contributed by atoms with Crippen molar-refractivity contribution in [3.63, 3.8) is 0 Å². The lowest BCUT2D eigenvalue weighted by atomic mass is 10.2. The molecule has 3 aromatic rings. The number of amides is 1. The molecule has 3 aromatic carbocycles. The SMILES string of the molecule is CCOc1ccc(C(=O)N/N=C\c2cc(Br)c(OCc3ccccc3Cl)c(OC)c2)cc1. The van der Waals surface area contributed by atoms with Crippen molar-refractivity contribution in [2.24, 2.45) is 5.10 Å². The summed E-state index contributed by atoms with van der Waals surface area (Å²) in [5, 5.41) is 4.67. The topological polar surface area (TPSA) is 69.2 Å². The molecule has 166 valence electrons. The molecule has 0 aliphatic heterocycles. The van der Waals surface area contributed by atoms with Gasteiger partial charge in [0.2, 0.25) is 0 Å². The highest BCUT2D eigenvalue weighted by Crippen LogP contribution is 2.37. The van der Waals surface area contributed by atoms with Crippen LogP contribution in [0.4, 0.5) is 0 Å². The molecule has 32 heavy (non-hydrogen) atoms. The predicted molar refractivity (Wildman–Crippen MR) is 129 cm³/mol. The third kappa shape index (κ3) is 6.24. The van der Waals surface area contributed by atoms with Gasteiger partial charge in [0.1, 0.15) is 12.4 Å². The number of nitrogens with one attached hydrogen (secondary N) is 1. The molecule has 0 unspecified atom stereocenters. The number of carbonyl (C=O) groups is 1. The van der Waals surface area contributed by atoms with Gasteiger partial charge in [-0.1, -0.05) is 29.8 Å². The Balaban J connectivity index is 1.66. The van der Waals surface area contributed by atoms with Crippen LogP contribution < -0.4 is 19.6 Å². The summed E-state index contributed by atoms with van der Waals surface area (Å²) in [5.41, 5.74) is 4.57. The average molecular weight is 518 g/mol. The number of hydrogen-bond donors (Lipinski definition) is 1. The number of hydrazone groups is 1. The molecule has 0 radical (unpaired) electrons. The molecule has 0 heterocycles. The van der Waals surface area contributed by atoms with E-state index in [4.69, 9.17) is 25.8 Å². The zero-order chi connectivity index (χ0) is 22.9. The van der Waals surface area contributed by atoms with Gasteiger partial charge in [-0.05, 0) is 70.9 Å². The summed E-state index contributed by atoms with van der Waals surface area (Å²) in [6.45, 7) is 2.76. The van der Waals surface area contributed by atoms with Crippen LogP contribution in [0.2, 0.25) is 5.02 Å². The molecule has 0 aliphatic carbocycles. The first kappa shape index (κ1) is 23.6. The lowest BCUT2D eigenvalue weighted by molar-refractivity contribution is 0.0955. The zero-order valence-corrected chi connectivity index (χ0v) is 19.9. The number of hydrogen-bond acceptors (Lipinski definition) is 5. The Bertz CT molecular complexity index is 1100. The molecular formula is C24H22BrClN2O4. The Kier molecular flexibility index (Phi) is 8.53. The van der Waals surface area contributed by atoms with Gasteiger partial charge in [-0.3, -0.25) is 4.79 Å². The van der Waals surface area contributed by atoms with Gasteiger partial charge in [-0.25, -0.2) is 5.43 Å². The molecule has 0 aliphatic rings. The molecule has 1 N–H and O–H groups in total. The van der Waals surface area contributed by atoms with Crippen LogP contribution in [0.5, 0.6) is 17.2 Å². The Labute approximate surface area is 200 Å². The molecule has 0 fully saturated rings. The maximum absolute atomic E-state index is 12.3. The second kappa shape index (κ2) is 11.5. The van der Waals surface area contributed by atoms with Gasteiger partial charge >= 0.3 is 0 Å². The molecule has 0 saturated heterocycles. The highest BCUT2D eigenvalue weighted by atomic mass is 79.9. The zero-order valence-electron chi connectivity index (χ0n) is 17.6. The summed E-state index contributed by atoms with van der Waals surface area (Å²) in [6, 6.07) is 17.9. The highest BCUT2D eigenvalue weighted by molar-refractivity contribution is 9.10. The molecule has 0 spiro atoms. The molecule has 0 bridgehead atoms. The summed E-state index contributed by atoms with van der Waals surface area (Å²) >= 11 is 9.71. The van der Waals surface area contributed by atoms with Gasteiger partial charge in [0.25, 0.3) is 5.91 Å². The molecule has 6 nitrogen and oxygen atoms in total. The lowest BCUT2D eigenvalue weighted by Crippen LogP contribution is -2.17. The van der Waals surface area contributed by atoms with E-state index in [2.05, 4.69) is 26.5 Å². The fourth-order valence-corrected chi connectivity index (χ4v) is 3.58. The number of methoxy groups -OCH3 is 1. The van der Waals surface area contributed by atoms with Crippen molar-refractivity contribution in [3.05, 3.63) is 86.8 Å². The monoisotopic (exact) mass is 516 g/mol. The number of halogens is 2. The summed E-state index contributed by atoms with van der Waals surface area (Å²) < 4.78 is 17.5. The van der Waals surface area contributed by atoms with Crippen molar-refractivity contribution in [1.82, 2.24) is 5.43 Å². The minimum absolute atomic E-state index is 0.292. The maximum Gasteiger partial charge on any atom is 0.271 e. The van der Waals surface area contributed by atoms with Crippen molar-refractivity contribution in [1.29, 1.82) is 0 Å². The fraction of sp³-hybridized carbons (Fsp3) is 0.167. The van der Waals surface area contributed by atoms with Crippen LogP contribution in [0, 0.1) is 0 Å². The van der Waals surface area contributed by atoms with Gasteiger partial charge in [-0.15, -0.1) is 0 Å². The average Bonchev–Trinajstić information content (AvgIpc) is 2.79. The van der Waals surface area contributed by atoms with Crippen LogP contribution >= 0.6 is 27.5 Å². The van der Waals surface area contributed by atoms with Gasteiger partial charge < -0.3 is 14.2 Å². The minimum atomic E-state index is -0.324. The van der Waals surface area contributed by atoms with E-state index >= 15 is 0 Å². The maximum atomic E-state index is 12.3. The summed E-state index contributed by atoms with van der Waals surface area (Å²) in [6.07, 6.45) is 1.53. The largest absolute Gasteiger partial charge is 0.494 e. The Morgan fingerprint density at radius 2 is 1.88 bits per heavy atom. The van der Waals surface area contributed by atoms with E-state index in [1.807, 2.05) is 37.3 Å². The summed E-state index contributed by atoms with van der Waals surface area (Å²) in [5.74, 6) is 1.45. The number of benzene rings is 3. The number of carbonyl (C=O) groups excluding carboxylic acids is 1. The van der Waals surface area contributed by atoms with Crippen LogP contribution in [-0.4, -0.2) is 25.8 Å². The molecule has 1 amide bonds. The first-order valence-corrected chi connectivity index (χ1v) is 11.0. The van der Waals surface area contributed by atoms with Gasteiger partial charge in [0, 0.05) is 16.1 Å². The van der Waals surface area contributed by atoms with Crippen molar-refractivity contribution in [2.75, 3.05) is 13.7 Å². The van der Waals surface area contributed by atoms with E-state index in [0.29, 0.717) is 51.1 Å². The van der Waals surface area contributed by atoms with Gasteiger partial charge in [0.05, 0.1) is 24.4 Å².